The van der Waals surface area contributed by atoms with Crippen LogP contribution in [0.1, 0.15) is 24.1 Å². The van der Waals surface area contributed by atoms with Crippen LogP contribution in [0.2, 0.25) is 0 Å². The third kappa shape index (κ3) is 3.42. The maximum absolute atomic E-state index is 12.9. The zero-order valence-electron chi connectivity index (χ0n) is 13.9. The zero-order valence-corrected chi connectivity index (χ0v) is 14.7. The average molecular weight is 342 g/mol. The molecule has 1 saturated heterocycles. The molecule has 4 nitrogen and oxygen atoms in total. The SMILES string of the molecule is Cc1ccc(SN2C(=O)N(C(C)c3ccccc3)CC2CO)cc1. The summed E-state index contributed by atoms with van der Waals surface area (Å²) in [6, 6.07) is 17.8. The molecule has 0 radical (unpaired) electrons. The highest BCUT2D eigenvalue weighted by atomic mass is 32.2. The largest absolute Gasteiger partial charge is 0.394 e. The van der Waals surface area contributed by atoms with E-state index < -0.39 is 0 Å². The van der Waals surface area contributed by atoms with E-state index in [9.17, 15) is 9.90 Å². The van der Waals surface area contributed by atoms with Gasteiger partial charge in [0, 0.05) is 11.4 Å². The van der Waals surface area contributed by atoms with Gasteiger partial charge in [0.25, 0.3) is 0 Å². The highest BCUT2D eigenvalue weighted by Gasteiger charge is 2.40. The van der Waals surface area contributed by atoms with Crippen molar-refractivity contribution in [3.8, 4) is 0 Å². The third-order valence-corrected chi connectivity index (χ3v) is 5.49. The number of carbonyl (C=O) groups is 1. The van der Waals surface area contributed by atoms with Crippen LogP contribution in [0.15, 0.2) is 59.5 Å². The van der Waals surface area contributed by atoms with Gasteiger partial charge in [0.1, 0.15) is 0 Å². The smallest absolute Gasteiger partial charge is 0.331 e. The predicted molar refractivity (Wildman–Crippen MR) is 96.7 cm³/mol. The number of aliphatic hydroxyl groups is 1. The predicted octanol–water partition coefficient (Wildman–Crippen LogP) is 3.86. The number of hydrogen-bond acceptors (Lipinski definition) is 3. The van der Waals surface area contributed by atoms with Crippen LogP contribution in [0.25, 0.3) is 0 Å². The molecular weight excluding hydrogens is 320 g/mol. The number of amides is 2. The number of urea groups is 1. The number of benzene rings is 2. The number of rotatable bonds is 5. The van der Waals surface area contributed by atoms with Gasteiger partial charge in [-0.3, -0.25) is 4.31 Å². The van der Waals surface area contributed by atoms with E-state index >= 15 is 0 Å². The van der Waals surface area contributed by atoms with Crippen molar-refractivity contribution < 1.29 is 9.90 Å². The van der Waals surface area contributed by atoms with E-state index in [0.717, 1.165) is 10.5 Å². The van der Waals surface area contributed by atoms with Crippen molar-refractivity contribution in [1.82, 2.24) is 9.21 Å². The van der Waals surface area contributed by atoms with Crippen molar-refractivity contribution in [3.05, 3.63) is 65.7 Å². The Bertz CT molecular complexity index is 690. The molecule has 0 spiro atoms. The summed E-state index contributed by atoms with van der Waals surface area (Å²) in [5.41, 5.74) is 2.29. The molecule has 1 aliphatic heterocycles. The summed E-state index contributed by atoms with van der Waals surface area (Å²) in [7, 11) is 0. The first-order valence-electron chi connectivity index (χ1n) is 8.10. The standard InChI is InChI=1S/C19H22N2O2S/c1-14-8-10-18(11-9-14)24-21-17(13-22)12-20(19(21)23)15(2)16-6-4-3-5-7-16/h3-11,15,17,22H,12-13H2,1-2H3. The highest BCUT2D eigenvalue weighted by Crippen LogP contribution is 2.34. The summed E-state index contributed by atoms with van der Waals surface area (Å²) in [6.07, 6.45) is 0. The first-order chi connectivity index (χ1) is 11.6. The molecule has 2 aromatic rings. The first kappa shape index (κ1) is 16.9. The summed E-state index contributed by atoms with van der Waals surface area (Å²) in [4.78, 5) is 15.7. The monoisotopic (exact) mass is 342 g/mol. The van der Waals surface area contributed by atoms with Crippen LogP contribution in [0.3, 0.4) is 0 Å². The van der Waals surface area contributed by atoms with Gasteiger partial charge in [0.2, 0.25) is 0 Å². The molecule has 0 aromatic heterocycles. The summed E-state index contributed by atoms with van der Waals surface area (Å²) in [5, 5.41) is 9.71. The average Bonchev–Trinajstić information content (AvgIpc) is 2.93. The number of aliphatic hydroxyl groups excluding tert-OH is 1. The van der Waals surface area contributed by atoms with Crippen molar-refractivity contribution in [3.63, 3.8) is 0 Å². The van der Waals surface area contributed by atoms with E-state index in [0.29, 0.717) is 6.54 Å². The molecule has 0 saturated carbocycles. The lowest BCUT2D eigenvalue weighted by Crippen LogP contribution is -2.31. The highest BCUT2D eigenvalue weighted by molar-refractivity contribution is 7.97. The van der Waals surface area contributed by atoms with Crippen LogP contribution >= 0.6 is 11.9 Å². The van der Waals surface area contributed by atoms with E-state index in [1.807, 2.05) is 73.3 Å². The molecular formula is C19H22N2O2S. The fourth-order valence-corrected chi connectivity index (χ4v) is 3.81. The lowest BCUT2D eigenvalue weighted by Gasteiger charge is -2.24. The second-order valence-corrected chi connectivity index (χ2v) is 7.14. The lowest BCUT2D eigenvalue weighted by atomic mass is 10.1. The molecule has 1 N–H and O–H groups in total. The van der Waals surface area contributed by atoms with Crippen LogP contribution in [0.4, 0.5) is 4.79 Å². The van der Waals surface area contributed by atoms with Crippen LogP contribution in [0, 0.1) is 6.92 Å². The number of hydrogen-bond donors (Lipinski definition) is 1. The Kier molecular flexibility index (Phi) is 5.11. The van der Waals surface area contributed by atoms with Crippen molar-refractivity contribution in [1.29, 1.82) is 0 Å². The van der Waals surface area contributed by atoms with Gasteiger partial charge in [-0.2, -0.15) is 0 Å². The Balaban J connectivity index is 1.78. The van der Waals surface area contributed by atoms with Crippen LogP contribution in [0.5, 0.6) is 0 Å². The third-order valence-electron chi connectivity index (χ3n) is 4.36. The quantitative estimate of drug-likeness (QED) is 0.839. The molecule has 2 atom stereocenters. The van der Waals surface area contributed by atoms with Crippen LogP contribution < -0.4 is 0 Å². The summed E-state index contributed by atoms with van der Waals surface area (Å²) >= 11 is 1.40. The minimum absolute atomic E-state index is 0.0173. The van der Waals surface area contributed by atoms with Gasteiger partial charge in [-0.25, -0.2) is 4.79 Å². The molecule has 5 heteroatoms. The second-order valence-electron chi connectivity index (χ2n) is 6.09. The van der Waals surface area contributed by atoms with Gasteiger partial charge < -0.3 is 10.0 Å². The topological polar surface area (TPSA) is 43.8 Å². The van der Waals surface area contributed by atoms with E-state index in [2.05, 4.69) is 0 Å². The minimum atomic E-state index is -0.199. The van der Waals surface area contributed by atoms with Gasteiger partial charge in [-0.15, -0.1) is 0 Å². The molecule has 0 aliphatic carbocycles. The fourth-order valence-electron chi connectivity index (χ4n) is 2.86. The molecule has 126 valence electrons. The lowest BCUT2D eigenvalue weighted by molar-refractivity contribution is 0.194. The van der Waals surface area contributed by atoms with Gasteiger partial charge in [-0.05, 0) is 43.5 Å². The van der Waals surface area contributed by atoms with E-state index in [1.165, 1.54) is 17.5 Å². The molecule has 0 bridgehead atoms. The summed E-state index contributed by atoms with van der Waals surface area (Å²) in [5.74, 6) is 0. The maximum atomic E-state index is 12.9. The fraction of sp³-hybridized carbons (Fsp3) is 0.316. The molecule has 2 amide bonds. The summed E-state index contributed by atoms with van der Waals surface area (Å²) < 4.78 is 1.70. The van der Waals surface area contributed by atoms with E-state index in [-0.39, 0.29) is 24.7 Å². The Morgan fingerprint density at radius 1 is 1.17 bits per heavy atom. The van der Waals surface area contributed by atoms with Gasteiger partial charge >= 0.3 is 6.03 Å². The Morgan fingerprint density at radius 3 is 2.46 bits per heavy atom. The number of aryl methyl sites for hydroxylation is 1. The molecule has 2 aromatic carbocycles. The van der Waals surface area contributed by atoms with Gasteiger partial charge in [-0.1, -0.05) is 48.0 Å². The van der Waals surface area contributed by atoms with Crippen molar-refractivity contribution in [2.24, 2.45) is 0 Å². The molecule has 24 heavy (non-hydrogen) atoms. The van der Waals surface area contributed by atoms with Crippen molar-refractivity contribution in [2.75, 3.05) is 13.2 Å². The molecule has 1 aliphatic rings. The molecule has 1 heterocycles. The first-order valence-corrected chi connectivity index (χ1v) is 8.87. The Hall–Kier alpha value is -1.98. The van der Waals surface area contributed by atoms with Crippen molar-refractivity contribution in [2.45, 2.75) is 30.8 Å². The number of carbonyl (C=O) groups excluding carboxylic acids is 1. The van der Waals surface area contributed by atoms with Crippen LogP contribution in [-0.4, -0.2) is 39.5 Å². The Morgan fingerprint density at radius 2 is 1.83 bits per heavy atom. The van der Waals surface area contributed by atoms with E-state index in [4.69, 9.17) is 0 Å². The van der Waals surface area contributed by atoms with Gasteiger partial charge in [0.15, 0.2) is 0 Å². The van der Waals surface area contributed by atoms with Crippen LogP contribution in [-0.2, 0) is 0 Å². The normalized spacial score (nSPS) is 19.0. The summed E-state index contributed by atoms with van der Waals surface area (Å²) in [6.45, 7) is 4.56. The van der Waals surface area contributed by atoms with Crippen molar-refractivity contribution >= 4 is 18.0 Å². The Labute approximate surface area is 147 Å². The second kappa shape index (κ2) is 7.28. The molecule has 3 rings (SSSR count). The minimum Gasteiger partial charge on any atom is -0.394 e. The number of nitrogens with zero attached hydrogens (tertiary/aromatic N) is 2. The zero-order chi connectivity index (χ0) is 17.1. The van der Waals surface area contributed by atoms with E-state index in [1.54, 1.807) is 4.31 Å². The van der Waals surface area contributed by atoms with Gasteiger partial charge in [0.05, 0.1) is 18.7 Å². The molecule has 2 unspecified atom stereocenters. The molecule has 1 fully saturated rings. The maximum Gasteiger partial charge on any atom is 0.331 e.